The van der Waals surface area contributed by atoms with E-state index in [1.165, 1.54) is 22.2 Å². The second-order valence-corrected chi connectivity index (χ2v) is 5.35. The summed E-state index contributed by atoms with van der Waals surface area (Å²) in [5, 5.41) is 2.84. The Balaban J connectivity index is 2.05. The number of nitrogens with zero attached hydrogens (tertiary/aromatic N) is 4. The molecule has 0 radical (unpaired) electrons. The van der Waals surface area contributed by atoms with E-state index in [0.29, 0.717) is 16.4 Å². The van der Waals surface area contributed by atoms with Crippen LogP contribution in [0.2, 0.25) is 5.15 Å². The summed E-state index contributed by atoms with van der Waals surface area (Å²) in [4.78, 5) is 25.5. The smallest absolute Gasteiger partial charge is 0.262 e. The highest BCUT2D eigenvalue weighted by Crippen LogP contribution is 2.13. The zero-order chi connectivity index (χ0) is 13.4. The molecule has 19 heavy (non-hydrogen) atoms. The van der Waals surface area contributed by atoms with Crippen LogP contribution >= 0.6 is 22.9 Å². The summed E-state index contributed by atoms with van der Waals surface area (Å²) >= 11 is 7.33. The van der Waals surface area contributed by atoms with Crippen molar-refractivity contribution in [2.75, 3.05) is 0 Å². The fraction of sp³-hybridized carbons (Fsp3) is 0.167. The Labute approximate surface area is 117 Å². The standard InChI is InChI=1S/C12H9ClN4OS/c1-7-4-9(13)16-10(15-7)5-17-6-14-11-8(12(17)18)2-3-19-11/h2-4,6H,5H2,1H3. The molecule has 3 rings (SSSR count). The first-order valence-electron chi connectivity index (χ1n) is 5.56. The van der Waals surface area contributed by atoms with Crippen LogP contribution in [0, 0.1) is 6.92 Å². The van der Waals surface area contributed by atoms with Crippen LogP contribution < -0.4 is 5.56 Å². The molecule has 0 N–H and O–H groups in total. The molecule has 0 aliphatic carbocycles. The minimum Gasteiger partial charge on any atom is -0.291 e. The molecular formula is C12H9ClN4OS. The fourth-order valence-electron chi connectivity index (χ4n) is 1.82. The molecule has 0 saturated carbocycles. The van der Waals surface area contributed by atoms with E-state index in [1.807, 2.05) is 12.3 Å². The van der Waals surface area contributed by atoms with Gasteiger partial charge in [0.05, 0.1) is 18.3 Å². The third kappa shape index (κ3) is 2.36. The zero-order valence-corrected chi connectivity index (χ0v) is 11.6. The van der Waals surface area contributed by atoms with Gasteiger partial charge in [0.1, 0.15) is 15.8 Å². The summed E-state index contributed by atoms with van der Waals surface area (Å²) in [7, 11) is 0. The van der Waals surface area contributed by atoms with Crippen LogP contribution in [0.15, 0.2) is 28.6 Å². The molecule has 0 unspecified atom stereocenters. The van der Waals surface area contributed by atoms with Gasteiger partial charge in [0.15, 0.2) is 0 Å². The molecule has 96 valence electrons. The molecule has 0 fully saturated rings. The number of hydrogen-bond donors (Lipinski definition) is 0. The van der Waals surface area contributed by atoms with Crippen LogP contribution in [0.5, 0.6) is 0 Å². The van der Waals surface area contributed by atoms with Crippen molar-refractivity contribution in [2.24, 2.45) is 0 Å². The SMILES string of the molecule is Cc1cc(Cl)nc(Cn2cnc3sccc3c2=O)n1. The average Bonchev–Trinajstić information content (AvgIpc) is 2.80. The second-order valence-electron chi connectivity index (χ2n) is 4.07. The lowest BCUT2D eigenvalue weighted by molar-refractivity contribution is 0.703. The summed E-state index contributed by atoms with van der Waals surface area (Å²) in [5.74, 6) is 0.503. The number of halogens is 1. The minimum absolute atomic E-state index is 0.0903. The zero-order valence-electron chi connectivity index (χ0n) is 10.00. The van der Waals surface area contributed by atoms with Gasteiger partial charge in [-0.1, -0.05) is 11.6 Å². The lowest BCUT2D eigenvalue weighted by Gasteiger charge is -2.05. The van der Waals surface area contributed by atoms with Crippen molar-refractivity contribution in [3.05, 3.63) is 50.9 Å². The summed E-state index contributed by atoms with van der Waals surface area (Å²) in [6.07, 6.45) is 1.51. The minimum atomic E-state index is -0.0903. The van der Waals surface area contributed by atoms with E-state index in [1.54, 1.807) is 12.1 Å². The van der Waals surface area contributed by atoms with Crippen LogP contribution in [-0.4, -0.2) is 19.5 Å². The van der Waals surface area contributed by atoms with Crippen LogP contribution in [0.1, 0.15) is 11.5 Å². The molecule has 0 bridgehead atoms. The average molecular weight is 293 g/mol. The number of hydrogen-bond acceptors (Lipinski definition) is 5. The maximum atomic E-state index is 12.2. The molecule has 5 nitrogen and oxygen atoms in total. The van der Waals surface area contributed by atoms with Gasteiger partial charge in [-0.05, 0) is 24.4 Å². The molecule has 0 aromatic carbocycles. The predicted molar refractivity (Wildman–Crippen MR) is 74.8 cm³/mol. The maximum Gasteiger partial charge on any atom is 0.262 e. The molecule has 7 heteroatoms. The molecule has 0 aliphatic heterocycles. The number of aryl methyl sites for hydroxylation is 1. The van der Waals surface area contributed by atoms with Gasteiger partial charge >= 0.3 is 0 Å². The molecule has 3 aromatic heterocycles. The Morgan fingerprint density at radius 1 is 1.42 bits per heavy atom. The van der Waals surface area contributed by atoms with Gasteiger partial charge in [0, 0.05) is 5.69 Å². The summed E-state index contributed by atoms with van der Waals surface area (Å²) < 4.78 is 1.49. The van der Waals surface area contributed by atoms with E-state index in [9.17, 15) is 4.79 Å². The number of thiophene rings is 1. The van der Waals surface area contributed by atoms with Crippen LogP contribution in [-0.2, 0) is 6.54 Å². The van der Waals surface area contributed by atoms with Gasteiger partial charge in [-0.25, -0.2) is 15.0 Å². The Morgan fingerprint density at radius 2 is 2.26 bits per heavy atom. The van der Waals surface area contributed by atoms with Gasteiger partial charge in [-0.15, -0.1) is 11.3 Å². The first-order chi connectivity index (χ1) is 9.13. The van der Waals surface area contributed by atoms with Gasteiger partial charge < -0.3 is 0 Å². The predicted octanol–water partition coefficient (Wildman–Crippen LogP) is 2.26. The topological polar surface area (TPSA) is 60.7 Å². The highest BCUT2D eigenvalue weighted by molar-refractivity contribution is 7.16. The lowest BCUT2D eigenvalue weighted by atomic mass is 10.4. The van der Waals surface area contributed by atoms with E-state index in [4.69, 9.17) is 11.6 Å². The monoisotopic (exact) mass is 292 g/mol. The van der Waals surface area contributed by atoms with Crippen LogP contribution in [0.25, 0.3) is 10.2 Å². The van der Waals surface area contributed by atoms with E-state index >= 15 is 0 Å². The van der Waals surface area contributed by atoms with Crippen molar-refractivity contribution in [3.8, 4) is 0 Å². The third-order valence-electron chi connectivity index (χ3n) is 2.63. The quantitative estimate of drug-likeness (QED) is 0.680. The highest BCUT2D eigenvalue weighted by atomic mass is 35.5. The number of rotatable bonds is 2. The molecular weight excluding hydrogens is 284 g/mol. The lowest BCUT2D eigenvalue weighted by Crippen LogP contribution is -2.21. The van der Waals surface area contributed by atoms with Crippen molar-refractivity contribution in [2.45, 2.75) is 13.5 Å². The van der Waals surface area contributed by atoms with Crippen molar-refractivity contribution in [1.29, 1.82) is 0 Å². The van der Waals surface area contributed by atoms with E-state index in [0.717, 1.165) is 10.5 Å². The largest absolute Gasteiger partial charge is 0.291 e. The van der Waals surface area contributed by atoms with Crippen molar-refractivity contribution in [1.82, 2.24) is 19.5 Å². The molecule has 0 amide bonds. The van der Waals surface area contributed by atoms with E-state index in [-0.39, 0.29) is 12.1 Å². The van der Waals surface area contributed by atoms with Gasteiger partial charge in [-0.2, -0.15) is 0 Å². The summed E-state index contributed by atoms with van der Waals surface area (Å²) in [5.41, 5.74) is 0.681. The molecule has 0 saturated heterocycles. The Bertz CT molecular complexity index is 791. The molecule has 3 heterocycles. The maximum absolute atomic E-state index is 12.2. The molecule has 3 aromatic rings. The van der Waals surface area contributed by atoms with Gasteiger partial charge in [0.2, 0.25) is 0 Å². The molecule has 0 spiro atoms. The van der Waals surface area contributed by atoms with Crippen molar-refractivity contribution < 1.29 is 0 Å². The summed E-state index contributed by atoms with van der Waals surface area (Å²) in [6.45, 7) is 2.10. The normalized spacial score (nSPS) is 11.1. The van der Waals surface area contributed by atoms with Crippen molar-refractivity contribution in [3.63, 3.8) is 0 Å². The van der Waals surface area contributed by atoms with Crippen molar-refractivity contribution >= 4 is 33.2 Å². The second kappa shape index (κ2) is 4.71. The number of fused-ring (bicyclic) bond motifs is 1. The van der Waals surface area contributed by atoms with E-state index in [2.05, 4.69) is 15.0 Å². The fourth-order valence-corrected chi connectivity index (χ4v) is 2.80. The Kier molecular flexibility index (Phi) is 3.04. The van der Waals surface area contributed by atoms with Crippen LogP contribution in [0.3, 0.4) is 0 Å². The molecule has 0 aliphatic rings. The summed E-state index contributed by atoms with van der Waals surface area (Å²) in [6, 6.07) is 3.45. The van der Waals surface area contributed by atoms with E-state index < -0.39 is 0 Å². The Hall–Kier alpha value is -1.79. The third-order valence-corrected chi connectivity index (χ3v) is 3.65. The molecule has 0 atom stereocenters. The first-order valence-corrected chi connectivity index (χ1v) is 6.82. The highest BCUT2D eigenvalue weighted by Gasteiger charge is 2.07. The Morgan fingerprint density at radius 3 is 3.05 bits per heavy atom. The number of aromatic nitrogens is 4. The van der Waals surface area contributed by atoms with Gasteiger partial charge in [0.25, 0.3) is 5.56 Å². The van der Waals surface area contributed by atoms with Crippen LogP contribution in [0.4, 0.5) is 0 Å². The first kappa shape index (κ1) is 12.3. The van der Waals surface area contributed by atoms with Gasteiger partial charge in [-0.3, -0.25) is 9.36 Å².